The van der Waals surface area contributed by atoms with Crippen LogP contribution in [0, 0.1) is 0 Å². The first-order valence-corrected chi connectivity index (χ1v) is 8.42. The Bertz CT molecular complexity index is 727. The van der Waals surface area contributed by atoms with E-state index in [-0.39, 0.29) is 17.4 Å². The van der Waals surface area contributed by atoms with Gasteiger partial charge in [0.2, 0.25) is 5.91 Å². The average Bonchev–Trinajstić information content (AvgIpc) is 2.88. The van der Waals surface area contributed by atoms with E-state index >= 15 is 0 Å². The molecule has 0 atom stereocenters. The van der Waals surface area contributed by atoms with Crippen LogP contribution in [0.3, 0.4) is 0 Å². The number of benzene rings is 1. The number of para-hydroxylation sites is 1. The van der Waals surface area contributed by atoms with E-state index in [1.54, 1.807) is 7.05 Å². The van der Waals surface area contributed by atoms with E-state index in [2.05, 4.69) is 10.4 Å². The number of hydrogen-bond donors (Lipinski definition) is 1. The molecular formula is C18H23N3O4. The second kappa shape index (κ2) is 6.74. The molecule has 0 radical (unpaired) electrons. The van der Waals surface area contributed by atoms with Gasteiger partial charge in [0.05, 0.1) is 6.54 Å². The molecule has 3 rings (SSSR count). The predicted octanol–water partition coefficient (Wildman–Crippen LogP) is 1.50. The number of hydrogen-bond acceptors (Lipinski definition) is 5. The maximum atomic E-state index is 12.1. The molecule has 1 N–H and O–H groups in total. The Morgan fingerprint density at radius 3 is 2.96 bits per heavy atom. The number of fused-ring (bicyclic) bond motifs is 1. The van der Waals surface area contributed by atoms with Crippen molar-refractivity contribution in [1.82, 2.24) is 10.3 Å². The lowest BCUT2D eigenvalue weighted by atomic mass is 10.0. The first-order chi connectivity index (χ1) is 11.9. The number of carbonyl (C=O) groups is 2. The second-order valence-corrected chi connectivity index (χ2v) is 6.85. The van der Waals surface area contributed by atoms with Gasteiger partial charge in [-0.25, -0.2) is 5.01 Å². The molecule has 0 bridgehead atoms. The summed E-state index contributed by atoms with van der Waals surface area (Å²) in [5.74, 6) is 1.13. The summed E-state index contributed by atoms with van der Waals surface area (Å²) in [5.41, 5.74) is 1.28. The van der Waals surface area contributed by atoms with E-state index in [0.29, 0.717) is 37.5 Å². The summed E-state index contributed by atoms with van der Waals surface area (Å²) in [6.07, 6.45) is 1.52. The summed E-state index contributed by atoms with van der Waals surface area (Å²) < 4.78 is 11.7. The fourth-order valence-corrected chi connectivity index (χ4v) is 2.96. The van der Waals surface area contributed by atoms with Crippen LogP contribution in [0.5, 0.6) is 11.5 Å². The van der Waals surface area contributed by atoms with Gasteiger partial charge in [0.25, 0.3) is 5.91 Å². The number of carbonyl (C=O) groups excluding carboxylic acids is 2. The summed E-state index contributed by atoms with van der Waals surface area (Å²) in [6, 6.07) is 5.85. The van der Waals surface area contributed by atoms with Gasteiger partial charge in [0, 0.05) is 31.9 Å². The summed E-state index contributed by atoms with van der Waals surface area (Å²) in [6.45, 7) is 4.77. The molecule has 2 amide bonds. The molecule has 1 aromatic carbocycles. The molecule has 2 aliphatic heterocycles. The van der Waals surface area contributed by atoms with Crippen molar-refractivity contribution in [2.24, 2.45) is 5.10 Å². The van der Waals surface area contributed by atoms with Gasteiger partial charge in [-0.15, -0.1) is 0 Å². The highest BCUT2D eigenvalue weighted by Gasteiger charge is 2.32. The molecule has 0 aliphatic carbocycles. The molecule has 7 heteroatoms. The van der Waals surface area contributed by atoms with Crippen LogP contribution < -0.4 is 14.8 Å². The standard InChI is InChI=1S/C18H23N3O4/c1-18(2)11-12-5-4-6-14(16(12)25-18)24-10-9-19-17(23)13-7-8-15(22)21(3)20-13/h4-6H,7-11H2,1-3H3,(H,19,23). The minimum atomic E-state index is -0.265. The molecule has 0 saturated carbocycles. The molecule has 0 spiro atoms. The molecule has 7 nitrogen and oxygen atoms in total. The molecular weight excluding hydrogens is 322 g/mol. The van der Waals surface area contributed by atoms with Gasteiger partial charge < -0.3 is 14.8 Å². The maximum absolute atomic E-state index is 12.1. The SMILES string of the molecule is CN1N=C(C(=O)NCCOc2cccc3c2OC(C)(C)C3)CCC1=O. The first-order valence-electron chi connectivity index (χ1n) is 8.42. The Balaban J connectivity index is 1.50. The van der Waals surface area contributed by atoms with Crippen LogP contribution in [-0.2, 0) is 16.0 Å². The molecule has 25 heavy (non-hydrogen) atoms. The van der Waals surface area contributed by atoms with Gasteiger partial charge in [-0.1, -0.05) is 12.1 Å². The lowest BCUT2D eigenvalue weighted by Crippen LogP contribution is -2.39. The Morgan fingerprint density at radius 2 is 2.20 bits per heavy atom. The van der Waals surface area contributed by atoms with Gasteiger partial charge in [0.1, 0.15) is 17.9 Å². The highest BCUT2D eigenvalue weighted by atomic mass is 16.5. The minimum absolute atomic E-state index is 0.0826. The molecule has 134 valence electrons. The predicted molar refractivity (Wildman–Crippen MR) is 92.8 cm³/mol. The Hall–Kier alpha value is -2.57. The van der Waals surface area contributed by atoms with Crippen molar-refractivity contribution >= 4 is 17.5 Å². The zero-order chi connectivity index (χ0) is 18.0. The largest absolute Gasteiger partial charge is 0.488 e. The Labute approximate surface area is 147 Å². The van der Waals surface area contributed by atoms with Gasteiger partial charge in [0.15, 0.2) is 11.5 Å². The summed E-state index contributed by atoms with van der Waals surface area (Å²) in [7, 11) is 1.55. The number of amides is 2. The van der Waals surface area contributed by atoms with Crippen LogP contribution in [-0.4, -0.2) is 48.3 Å². The number of ether oxygens (including phenoxy) is 2. The third-order valence-electron chi connectivity index (χ3n) is 4.17. The smallest absolute Gasteiger partial charge is 0.267 e. The van der Waals surface area contributed by atoms with Crippen LogP contribution in [0.1, 0.15) is 32.3 Å². The van der Waals surface area contributed by atoms with Gasteiger partial charge in [-0.3, -0.25) is 9.59 Å². The topological polar surface area (TPSA) is 80.2 Å². The Morgan fingerprint density at radius 1 is 1.40 bits per heavy atom. The fourth-order valence-electron chi connectivity index (χ4n) is 2.96. The molecule has 0 aromatic heterocycles. The highest BCUT2D eigenvalue weighted by Crippen LogP contribution is 2.41. The second-order valence-electron chi connectivity index (χ2n) is 6.85. The van der Waals surface area contributed by atoms with Crippen molar-refractivity contribution in [3.8, 4) is 11.5 Å². The molecule has 1 aromatic rings. The number of nitrogens with one attached hydrogen (secondary N) is 1. The lowest BCUT2D eigenvalue weighted by molar-refractivity contribution is -0.130. The van der Waals surface area contributed by atoms with E-state index in [1.165, 1.54) is 5.01 Å². The quantitative estimate of drug-likeness (QED) is 0.820. The monoisotopic (exact) mass is 345 g/mol. The lowest BCUT2D eigenvalue weighted by Gasteiger charge is -2.19. The first kappa shape index (κ1) is 17.3. The van der Waals surface area contributed by atoms with Crippen LogP contribution in [0.4, 0.5) is 0 Å². The van der Waals surface area contributed by atoms with E-state index < -0.39 is 0 Å². The van der Waals surface area contributed by atoms with Crippen molar-refractivity contribution in [3.63, 3.8) is 0 Å². The zero-order valence-electron chi connectivity index (χ0n) is 14.8. The van der Waals surface area contributed by atoms with Crippen LogP contribution in [0.15, 0.2) is 23.3 Å². The van der Waals surface area contributed by atoms with Crippen molar-refractivity contribution < 1.29 is 19.1 Å². The number of nitrogens with zero attached hydrogens (tertiary/aromatic N) is 2. The van der Waals surface area contributed by atoms with Crippen molar-refractivity contribution in [2.75, 3.05) is 20.2 Å². The van der Waals surface area contributed by atoms with Crippen LogP contribution in [0.25, 0.3) is 0 Å². The maximum Gasteiger partial charge on any atom is 0.267 e. The Kier molecular flexibility index (Phi) is 4.65. The normalized spacial score (nSPS) is 18.3. The summed E-state index contributed by atoms with van der Waals surface area (Å²) in [4.78, 5) is 23.4. The minimum Gasteiger partial charge on any atom is -0.488 e. The van der Waals surface area contributed by atoms with Crippen molar-refractivity contribution in [1.29, 1.82) is 0 Å². The van der Waals surface area contributed by atoms with Crippen LogP contribution in [0.2, 0.25) is 0 Å². The van der Waals surface area contributed by atoms with Gasteiger partial charge in [-0.05, 0) is 19.9 Å². The molecule has 0 saturated heterocycles. The van der Waals surface area contributed by atoms with Crippen molar-refractivity contribution in [3.05, 3.63) is 23.8 Å². The summed E-state index contributed by atoms with van der Waals surface area (Å²) in [5, 5.41) is 7.97. The van der Waals surface area contributed by atoms with Crippen molar-refractivity contribution in [2.45, 2.75) is 38.7 Å². The zero-order valence-corrected chi connectivity index (χ0v) is 14.8. The van der Waals surface area contributed by atoms with E-state index in [1.807, 2.05) is 32.0 Å². The van der Waals surface area contributed by atoms with Gasteiger partial charge in [-0.2, -0.15) is 5.10 Å². The molecule has 2 aliphatic rings. The number of rotatable bonds is 5. The van der Waals surface area contributed by atoms with Crippen LogP contribution >= 0.6 is 0 Å². The molecule has 2 heterocycles. The van der Waals surface area contributed by atoms with E-state index in [4.69, 9.17) is 9.47 Å². The molecule has 0 fully saturated rings. The third-order valence-corrected chi connectivity index (χ3v) is 4.17. The third kappa shape index (κ3) is 3.92. The van der Waals surface area contributed by atoms with E-state index in [0.717, 1.165) is 17.7 Å². The average molecular weight is 345 g/mol. The van der Waals surface area contributed by atoms with Gasteiger partial charge >= 0.3 is 0 Å². The number of hydrazone groups is 1. The molecule has 0 unspecified atom stereocenters. The summed E-state index contributed by atoms with van der Waals surface area (Å²) >= 11 is 0. The highest BCUT2D eigenvalue weighted by molar-refractivity contribution is 6.39. The van der Waals surface area contributed by atoms with E-state index in [9.17, 15) is 9.59 Å². The fraction of sp³-hybridized carbons (Fsp3) is 0.500.